The number of carbonyl (C=O) groups excluding carboxylic acids is 1. The number of amides is 1. The number of carbonyl (C=O) groups is 1. The smallest absolute Gasteiger partial charge is 0.275 e. The molecule has 0 saturated heterocycles. The lowest BCUT2D eigenvalue weighted by atomic mass is 10.1. The highest BCUT2D eigenvalue weighted by atomic mass is 16.2. The van der Waals surface area contributed by atoms with Gasteiger partial charge in [-0.3, -0.25) is 9.59 Å². The number of nitrogens with one attached hydrogen (secondary N) is 1. The molecule has 1 aromatic carbocycles. The number of benzene rings is 1. The van der Waals surface area contributed by atoms with Crippen LogP contribution >= 0.6 is 0 Å². The maximum atomic E-state index is 12.5. The summed E-state index contributed by atoms with van der Waals surface area (Å²) in [5.41, 5.74) is 3.30. The highest BCUT2D eigenvalue weighted by molar-refractivity contribution is 5.91. The van der Waals surface area contributed by atoms with Gasteiger partial charge in [0.15, 0.2) is 0 Å². The Balaban J connectivity index is 1.86. The normalized spacial score (nSPS) is 10.9. The molecule has 0 atom stereocenters. The highest BCUT2D eigenvalue weighted by Crippen LogP contribution is 2.16. The van der Waals surface area contributed by atoms with Crippen molar-refractivity contribution in [2.45, 2.75) is 20.4 Å². The van der Waals surface area contributed by atoms with Gasteiger partial charge >= 0.3 is 0 Å². The fraction of sp³-hybridized carbons (Fsp3) is 0.222. The van der Waals surface area contributed by atoms with Crippen LogP contribution < -0.4 is 10.9 Å². The number of fused-ring (bicyclic) bond motifs is 1. The first-order chi connectivity index (χ1) is 11.0. The van der Waals surface area contributed by atoms with E-state index in [0.717, 1.165) is 22.2 Å². The van der Waals surface area contributed by atoms with Gasteiger partial charge in [0.05, 0.1) is 0 Å². The molecule has 3 rings (SSSR count). The molecule has 0 unspecified atom stereocenters. The SMILES string of the molecule is Cc1ccc(C)c(NC(=O)Cn2ccc3ccn(C)c3c2=O)c1. The van der Waals surface area contributed by atoms with Crippen LogP contribution in [0.2, 0.25) is 0 Å². The van der Waals surface area contributed by atoms with Gasteiger partial charge in [0.2, 0.25) is 5.91 Å². The summed E-state index contributed by atoms with van der Waals surface area (Å²) in [4.78, 5) is 24.8. The van der Waals surface area contributed by atoms with Crippen molar-refractivity contribution in [3.05, 3.63) is 64.2 Å². The molecule has 0 radical (unpaired) electrons. The largest absolute Gasteiger partial charge is 0.346 e. The number of nitrogens with zero attached hydrogens (tertiary/aromatic N) is 2. The lowest BCUT2D eigenvalue weighted by molar-refractivity contribution is -0.116. The van der Waals surface area contributed by atoms with Gasteiger partial charge in [-0.1, -0.05) is 12.1 Å². The minimum absolute atomic E-state index is 0.00661. The van der Waals surface area contributed by atoms with Gasteiger partial charge in [0.25, 0.3) is 5.56 Å². The standard InChI is InChI=1S/C18H19N3O2/c1-12-4-5-13(2)15(10-12)19-16(22)11-21-9-7-14-6-8-20(3)17(14)18(21)23/h4-10H,11H2,1-3H3,(H,19,22). The Morgan fingerprint density at radius 1 is 1.13 bits per heavy atom. The Kier molecular flexibility index (Phi) is 3.78. The fourth-order valence-corrected chi connectivity index (χ4v) is 2.67. The van der Waals surface area contributed by atoms with Crippen LogP contribution in [0.25, 0.3) is 10.9 Å². The molecule has 5 nitrogen and oxygen atoms in total. The van der Waals surface area contributed by atoms with E-state index < -0.39 is 0 Å². The van der Waals surface area contributed by atoms with Crippen LogP contribution in [0.4, 0.5) is 5.69 Å². The Labute approximate surface area is 134 Å². The Bertz CT molecular complexity index is 951. The molecule has 0 spiro atoms. The molecule has 0 fully saturated rings. The third kappa shape index (κ3) is 2.90. The van der Waals surface area contributed by atoms with E-state index >= 15 is 0 Å². The molecule has 0 aliphatic carbocycles. The van der Waals surface area contributed by atoms with Gasteiger partial charge in [-0.2, -0.15) is 0 Å². The van der Waals surface area contributed by atoms with E-state index in [0.29, 0.717) is 5.52 Å². The molecule has 1 N–H and O–H groups in total. The fourth-order valence-electron chi connectivity index (χ4n) is 2.67. The van der Waals surface area contributed by atoms with Crippen molar-refractivity contribution < 1.29 is 4.79 Å². The number of aryl methyl sites for hydroxylation is 3. The summed E-state index contributed by atoms with van der Waals surface area (Å²) in [5.74, 6) is -0.214. The predicted octanol–water partition coefficient (Wildman–Crippen LogP) is 2.60. The zero-order valence-electron chi connectivity index (χ0n) is 13.5. The zero-order chi connectivity index (χ0) is 16.6. The van der Waals surface area contributed by atoms with Crippen LogP contribution in [-0.4, -0.2) is 15.0 Å². The Hall–Kier alpha value is -2.82. The van der Waals surface area contributed by atoms with Crippen molar-refractivity contribution in [1.29, 1.82) is 0 Å². The topological polar surface area (TPSA) is 56.0 Å². The molecule has 0 aliphatic rings. The molecule has 2 aromatic heterocycles. The first kappa shape index (κ1) is 15.1. The summed E-state index contributed by atoms with van der Waals surface area (Å²) in [6, 6.07) is 9.63. The summed E-state index contributed by atoms with van der Waals surface area (Å²) < 4.78 is 3.21. The summed E-state index contributed by atoms with van der Waals surface area (Å²) in [7, 11) is 1.82. The van der Waals surface area contributed by atoms with Gasteiger partial charge in [-0.05, 0) is 43.2 Å². The maximum Gasteiger partial charge on any atom is 0.275 e. The van der Waals surface area contributed by atoms with E-state index in [4.69, 9.17) is 0 Å². The second kappa shape index (κ2) is 5.76. The van der Waals surface area contributed by atoms with Crippen LogP contribution in [-0.2, 0) is 18.4 Å². The van der Waals surface area contributed by atoms with E-state index in [1.54, 1.807) is 10.8 Å². The summed E-state index contributed by atoms with van der Waals surface area (Å²) >= 11 is 0. The Morgan fingerprint density at radius 2 is 1.87 bits per heavy atom. The van der Waals surface area contributed by atoms with E-state index in [2.05, 4.69) is 5.32 Å². The number of hydrogen-bond donors (Lipinski definition) is 1. The highest BCUT2D eigenvalue weighted by Gasteiger charge is 2.10. The first-order valence-corrected chi connectivity index (χ1v) is 7.47. The molecule has 0 bridgehead atoms. The van der Waals surface area contributed by atoms with Crippen LogP contribution in [0.1, 0.15) is 11.1 Å². The second-order valence-corrected chi connectivity index (χ2v) is 5.85. The van der Waals surface area contributed by atoms with Gasteiger partial charge < -0.3 is 14.5 Å². The van der Waals surface area contributed by atoms with Gasteiger partial charge in [0, 0.05) is 30.5 Å². The molecule has 5 heteroatoms. The number of hydrogen-bond acceptors (Lipinski definition) is 2. The average molecular weight is 309 g/mol. The third-order valence-corrected chi connectivity index (χ3v) is 3.98. The quantitative estimate of drug-likeness (QED) is 0.808. The average Bonchev–Trinajstić information content (AvgIpc) is 2.88. The summed E-state index contributed by atoms with van der Waals surface area (Å²) in [5, 5.41) is 3.76. The third-order valence-electron chi connectivity index (χ3n) is 3.98. The molecular weight excluding hydrogens is 290 g/mol. The summed E-state index contributed by atoms with van der Waals surface area (Å²) in [6.45, 7) is 3.91. The van der Waals surface area contributed by atoms with Gasteiger partial charge in [0.1, 0.15) is 12.1 Å². The molecule has 1 amide bonds. The van der Waals surface area contributed by atoms with E-state index in [-0.39, 0.29) is 18.0 Å². The molecular formula is C18H19N3O2. The van der Waals surface area contributed by atoms with Crippen molar-refractivity contribution in [3.63, 3.8) is 0 Å². The van der Waals surface area contributed by atoms with Gasteiger partial charge in [-0.15, -0.1) is 0 Å². The minimum Gasteiger partial charge on any atom is -0.346 e. The van der Waals surface area contributed by atoms with Crippen LogP contribution in [0.15, 0.2) is 47.5 Å². The van der Waals surface area contributed by atoms with Crippen molar-refractivity contribution in [3.8, 4) is 0 Å². The number of anilines is 1. The van der Waals surface area contributed by atoms with Crippen molar-refractivity contribution >= 4 is 22.5 Å². The van der Waals surface area contributed by atoms with E-state index in [9.17, 15) is 9.59 Å². The Morgan fingerprint density at radius 3 is 2.65 bits per heavy atom. The molecule has 0 saturated carbocycles. The number of rotatable bonds is 3. The number of aromatic nitrogens is 2. The summed E-state index contributed by atoms with van der Waals surface area (Å²) in [6.07, 6.45) is 3.50. The van der Waals surface area contributed by atoms with E-state index in [1.807, 2.05) is 57.4 Å². The molecule has 23 heavy (non-hydrogen) atoms. The van der Waals surface area contributed by atoms with Crippen molar-refractivity contribution in [1.82, 2.24) is 9.13 Å². The minimum atomic E-state index is -0.214. The van der Waals surface area contributed by atoms with Gasteiger partial charge in [-0.25, -0.2) is 0 Å². The molecule has 3 aromatic rings. The molecule has 118 valence electrons. The van der Waals surface area contributed by atoms with Crippen LogP contribution in [0.3, 0.4) is 0 Å². The predicted molar refractivity (Wildman–Crippen MR) is 91.7 cm³/mol. The maximum absolute atomic E-state index is 12.5. The second-order valence-electron chi connectivity index (χ2n) is 5.85. The monoisotopic (exact) mass is 309 g/mol. The van der Waals surface area contributed by atoms with Crippen LogP contribution in [0.5, 0.6) is 0 Å². The number of pyridine rings is 1. The zero-order valence-corrected chi connectivity index (χ0v) is 13.5. The lowest BCUT2D eigenvalue weighted by Gasteiger charge is -2.11. The van der Waals surface area contributed by atoms with E-state index in [1.165, 1.54) is 4.57 Å². The van der Waals surface area contributed by atoms with Crippen LogP contribution in [0, 0.1) is 13.8 Å². The molecule has 0 aliphatic heterocycles. The molecule has 2 heterocycles. The van der Waals surface area contributed by atoms with Crippen molar-refractivity contribution in [2.75, 3.05) is 5.32 Å². The first-order valence-electron chi connectivity index (χ1n) is 7.47. The van der Waals surface area contributed by atoms with Crippen molar-refractivity contribution in [2.24, 2.45) is 7.05 Å². The lowest BCUT2D eigenvalue weighted by Crippen LogP contribution is -2.28.